The molecule has 35 heavy (non-hydrogen) atoms. The van der Waals surface area contributed by atoms with Crippen molar-refractivity contribution in [1.29, 1.82) is 0 Å². The van der Waals surface area contributed by atoms with Crippen molar-refractivity contribution in [3.8, 4) is 0 Å². The fourth-order valence-corrected chi connectivity index (χ4v) is 5.63. The number of amides is 1. The Balaban J connectivity index is 1.53. The fraction of sp³-hybridized carbons (Fsp3) is 0.458. The first-order valence-electron chi connectivity index (χ1n) is 11.7. The van der Waals surface area contributed by atoms with E-state index in [-0.39, 0.29) is 17.3 Å². The number of hydrogen-bond donors (Lipinski definition) is 1. The highest BCUT2D eigenvalue weighted by atomic mass is 32.2. The number of nitrogens with zero attached hydrogens (tertiary/aromatic N) is 3. The molecule has 2 aromatic carbocycles. The van der Waals surface area contributed by atoms with Crippen LogP contribution in [0.2, 0.25) is 0 Å². The normalized spacial score (nSPS) is 17.2. The van der Waals surface area contributed by atoms with Gasteiger partial charge in [0.1, 0.15) is 0 Å². The molecule has 2 fully saturated rings. The van der Waals surface area contributed by atoms with Crippen LogP contribution in [-0.4, -0.2) is 65.0 Å². The molecule has 190 valence electrons. The lowest BCUT2D eigenvalue weighted by molar-refractivity contribution is -0.137. The molecule has 0 aliphatic carbocycles. The van der Waals surface area contributed by atoms with E-state index in [1.807, 2.05) is 4.90 Å². The number of anilines is 2. The number of rotatable bonds is 6. The van der Waals surface area contributed by atoms with Crippen LogP contribution >= 0.6 is 0 Å². The predicted molar refractivity (Wildman–Crippen MR) is 128 cm³/mol. The molecule has 0 saturated carbocycles. The van der Waals surface area contributed by atoms with Crippen molar-refractivity contribution in [2.24, 2.45) is 0 Å². The highest BCUT2D eigenvalue weighted by molar-refractivity contribution is 7.89. The maximum atomic E-state index is 13.6. The Kier molecular flexibility index (Phi) is 7.27. The molecule has 2 heterocycles. The third-order valence-electron chi connectivity index (χ3n) is 6.42. The van der Waals surface area contributed by atoms with E-state index in [0.29, 0.717) is 37.4 Å². The molecule has 0 atom stereocenters. The topological polar surface area (TPSA) is 73.0 Å². The summed E-state index contributed by atoms with van der Waals surface area (Å²) in [5.41, 5.74) is 1.06. The fourth-order valence-electron chi connectivity index (χ4n) is 4.56. The van der Waals surface area contributed by atoms with Gasteiger partial charge in [-0.1, -0.05) is 6.92 Å². The van der Waals surface area contributed by atoms with Crippen molar-refractivity contribution < 1.29 is 26.4 Å². The second-order valence-electron chi connectivity index (χ2n) is 8.70. The molecular weight excluding hydrogens is 481 g/mol. The SMILES string of the molecule is CCNS(=O)(=O)c1ccc(N2CCCC2)c(C(=O)N2CCN(c3ccc(C(F)(F)F)cc3)CC2)c1. The first kappa shape index (κ1) is 25.3. The molecule has 2 aliphatic rings. The van der Waals surface area contributed by atoms with Gasteiger partial charge in [0.25, 0.3) is 5.91 Å². The number of benzene rings is 2. The van der Waals surface area contributed by atoms with E-state index in [4.69, 9.17) is 0 Å². The van der Waals surface area contributed by atoms with Crippen molar-refractivity contribution >= 4 is 27.3 Å². The number of nitrogens with one attached hydrogen (secondary N) is 1. The maximum absolute atomic E-state index is 13.6. The second-order valence-corrected chi connectivity index (χ2v) is 10.5. The largest absolute Gasteiger partial charge is 0.416 e. The quantitative estimate of drug-likeness (QED) is 0.644. The van der Waals surface area contributed by atoms with Gasteiger partial charge in [-0.15, -0.1) is 0 Å². The van der Waals surface area contributed by atoms with Crippen molar-refractivity contribution in [2.45, 2.75) is 30.8 Å². The number of piperazine rings is 1. The predicted octanol–water partition coefficient (Wildman–Crippen LogP) is 3.57. The zero-order valence-electron chi connectivity index (χ0n) is 19.5. The highest BCUT2D eigenvalue weighted by Crippen LogP contribution is 2.32. The van der Waals surface area contributed by atoms with Gasteiger partial charge in [-0.2, -0.15) is 13.2 Å². The lowest BCUT2D eigenvalue weighted by Gasteiger charge is -2.37. The number of alkyl halides is 3. The number of carbonyl (C=O) groups is 1. The van der Waals surface area contributed by atoms with E-state index in [0.717, 1.165) is 43.8 Å². The van der Waals surface area contributed by atoms with Crippen LogP contribution < -0.4 is 14.5 Å². The van der Waals surface area contributed by atoms with Crippen LogP contribution in [0.1, 0.15) is 35.7 Å². The molecular formula is C24H29F3N4O3S. The molecule has 1 N–H and O–H groups in total. The van der Waals surface area contributed by atoms with E-state index in [2.05, 4.69) is 9.62 Å². The van der Waals surface area contributed by atoms with Gasteiger partial charge in [0, 0.05) is 57.2 Å². The van der Waals surface area contributed by atoms with Crippen molar-refractivity contribution in [1.82, 2.24) is 9.62 Å². The van der Waals surface area contributed by atoms with E-state index >= 15 is 0 Å². The average Bonchev–Trinajstić information content (AvgIpc) is 3.38. The first-order valence-corrected chi connectivity index (χ1v) is 13.2. The van der Waals surface area contributed by atoms with Crippen LogP contribution in [0, 0.1) is 0 Å². The molecule has 11 heteroatoms. The molecule has 0 spiro atoms. The van der Waals surface area contributed by atoms with Gasteiger partial charge >= 0.3 is 6.18 Å². The number of hydrogen-bond acceptors (Lipinski definition) is 5. The molecule has 7 nitrogen and oxygen atoms in total. The number of halogens is 3. The third-order valence-corrected chi connectivity index (χ3v) is 7.96. The van der Waals surface area contributed by atoms with Crippen LogP contribution in [0.25, 0.3) is 0 Å². The van der Waals surface area contributed by atoms with Gasteiger partial charge in [0.15, 0.2) is 0 Å². The smallest absolute Gasteiger partial charge is 0.371 e. The Morgan fingerprint density at radius 1 is 0.914 bits per heavy atom. The van der Waals surface area contributed by atoms with Gasteiger partial charge in [-0.3, -0.25) is 4.79 Å². The summed E-state index contributed by atoms with van der Waals surface area (Å²) >= 11 is 0. The summed E-state index contributed by atoms with van der Waals surface area (Å²) in [7, 11) is -3.72. The summed E-state index contributed by atoms with van der Waals surface area (Å²) in [5, 5.41) is 0. The summed E-state index contributed by atoms with van der Waals surface area (Å²) in [6.45, 7) is 5.23. The molecule has 4 rings (SSSR count). The third kappa shape index (κ3) is 5.56. The summed E-state index contributed by atoms with van der Waals surface area (Å²) in [4.78, 5) is 19.3. The van der Waals surface area contributed by atoms with Crippen molar-refractivity contribution in [3.63, 3.8) is 0 Å². The van der Waals surface area contributed by atoms with Crippen LogP contribution in [0.4, 0.5) is 24.5 Å². The van der Waals surface area contributed by atoms with Gasteiger partial charge in [0.2, 0.25) is 10.0 Å². The van der Waals surface area contributed by atoms with Crippen LogP contribution in [0.15, 0.2) is 47.4 Å². The lowest BCUT2D eigenvalue weighted by atomic mass is 10.1. The van der Waals surface area contributed by atoms with Crippen molar-refractivity contribution in [3.05, 3.63) is 53.6 Å². The van der Waals surface area contributed by atoms with Gasteiger partial charge in [-0.25, -0.2) is 13.1 Å². The molecule has 0 unspecified atom stereocenters. The molecule has 0 aromatic heterocycles. The molecule has 2 aliphatic heterocycles. The zero-order valence-corrected chi connectivity index (χ0v) is 20.3. The monoisotopic (exact) mass is 510 g/mol. The maximum Gasteiger partial charge on any atom is 0.416 e. The van der Waals surface area contributed by atoms with E-state index < -0.39 is 21.8 Å². The zero-order chi connectivity index (χ0) is 25.2. The summed E-state index contributed by atoms with van der Waals surface area (Å²) in [6.07, 6.45) is -2.36. The Labute approximate surface area is 203 Å². The lowest BCUT2D eigenvalue weighted by Crippen LogP contribution is -2.49. The average molecular weight is 511 g/mol. The van der Waals surface area contributed by atoms with Crippen LogP contribution in [0.3, 0.4) is 0 Å². The van der Waals surface area contributed by atoms with Crippen LogP contribution in [-0.2, 0) is 16.2 Å². The Morgan fingerprint density at radius 2 is 1.54 bits per heavy atom. The molecule has 2 aromatic rings. The van der Waals surface area contributed by atoms with Gasteiger partial charge < -0.3 is 14.7 Å². The minimum Gasteiger partial charge on any atom is -0.371 e. The van der Waals surface area contributed by atoms with E-state index in [1.54, 1.807) is 17.9 Å². The Hall–Kier alpha value is -2.79. The number of carbonyl (C=O) groups excluding carboxylic acids is 1. The van der Waals surface area contributed by atoms with Gasteiger partial charge in [-0.05, 0) is 55.3 Å². The van der Waals surface area contributed by atoms with Crippen molar-refractivity contribution in [2.75, 3.05) is 55.6 Å². The standard InChI is InChI=1S/C24H29F3N4O3S/c1-2-28-35(33,34)20-9-10-22(30-11-3-4-12-30)21(17-20)23(32)31-15-13-29(14-16-31)19-7-5-18(6-8-19)24(25,26)27/h5-10,17,28H,2-4,11-16H2,1H3. The second kappa shape index (κ2) is 10.1. The molecule has 0 radical (unpaired) electrons. The first-order chi connectivity index (χ1) is 16.6. The molecule has 2 saturated heterocycles. The minimum atomic E-state index is -4.38. The van der Waals surface area contributed by atoms with Crippen LogP contribution in [0.5, 0.6) is 0 Å². The summed E-state index contributed by atoms with van der Waals surface area (Å²) in [6, 6.07) is 9.71. The van der Waals surface area contributed by atoms with E-state index in [9.17, 15) is 26.4 Å². The summed E-state index contributed by atoms with van der Waals surface area (Å²) in [5.74, 6) is -0.243. The molecule has 0 bridgehead atoms. The minimum absolute atomic E-state index is 0.0500. The summed E-state index contributed by atoms with van der Waals surface area (Å²) < 4.78 is 66.2. The Morgan fingerprint density at radius 3 is 2.11 bits per heavy atom. The van der Waals surface area contributed by atoms with Gasteiger partial charge in [0.05, 0.1) is 16.0 Å². The molecule has 1 amide bonds. The number of sulfonamides is 1. The van der Waals surface area contributed by atoms with E-state index in [1.165, 1.54) is 24.3 Å². The Bertz CT molecular complexity index is 1160. The highest BCUT2D eigenvalue weighted by Gasteiger charge is 2.31.